The van der Waals surface area contributed by atoms with Crippen molar-refractivity contribution in [3.63, 3.8) is 0 Å². The average Bonchev–Trinajstić information content (AvgIpc) is 3.01. The van der Waals surface area contributed by atoms with Crippen molar-refractivity contribution in [2.75, 3.05) is 7.05 Å². The number of fused-ring (bicyclic) bond motifs is 1. The number of rotatable bonds is 4. The van der Waals surface area contributed by atoms with Crippen molar-refractivity contribution in [2.24, 2.45) is 0 Å². The summed E-state index contributed by atoms with van der Waals surface area (Å²) in [5, 5.41) is 3.93. The largest absolute Gasteiger partial charge is 0.355 e. The van der Waals surface area contributed by atoms with Crippen molar-refractivity contribution >= 4 is 34.9 Å². The molecule has 1 aromatic carbocycles. The summed E-state index contributed by atoms with van der Waals surface area (Å²) in [7, 11) is 1.91. The SMILES string of the molecule is CN[C@H](C)c1cc(Cl)ccc1Cn1c(=S)[nH]c(=O)c2[nH]ccc21. The molecule has 2 heterocycles. The Morgan fingerprint density at radius 1 is 1.39 bits per heavy atom. The Balaban J connectivity index is 2.15. The van der Waals surface area contributed by atoms with E-state index in [1.807, 2.05) is 35.9 Å². The second kappa shape index (κ2) is 6.31. The maximum atomic E-state index is 11.9. The van der Waals surface area contributed by atoms with Gasteiger partial charge in [-0.1, -0.05) is 17.7 Å². The van der Waals surface area contributed by atoms with E-state index in [1.54, 1.807) is 6.20 Å². The number of aromatic nitrogens is 3. The molecule has 0 aliphatic heterocycles. The van der Waals surface area contributed by atoms with Gasteiger partial charge in [-0.15, -0.1) is 0 Å². The molecule has 3 N–H and O–H groups in total. The molecular formula is C16H17ClN4OS. The predicted octanol–water partition coefficient (Wildman–Crippen LogP) is 3.37. The van der Waals surface area contributed by atoms with Crippen molar-refractivity contribution in [1.29, 1.82) is 0 Å². The quantitative estimate of drug-likeness (QED) is 0.633. The molecule has 0 radical (unpaired) electrons. The van der Waals surface area contributed by atoms with Crippen LogP contribution in [-0.4, -0.2) is 21.6 Å². The molecule has 2 aromatic heterocycles. The van der Waals surface area contributed by atoms with Gasteiger partial charge in [-0.25, -0.2) is 0 Å². The van der Waals surface area contributed by atoms with Crippen LogP contribution in [0.15, 0.2) is 35.3 Å². The molecule has 0 unspecified atom stereocenters. The summed E-state index contributed by atoms with van der Waals surface area (Å²) in [6.45, 7) is 2.63. The Morgan fingerprint density at radius 2 is 2.17 bits per heavy atom. The van der Waals surface area contributed by atoms with Crippen LogP contribution in [0.2, 0.25) is 5.02 Å². The lowest BCUT2D eigenvalue weighted by Gasteiger charge is -2.18. The summed E-state index contributed by atoms with van der Waals surface area (Å²) in [6.07, 6.45) is 1.74. The van der Waals surface area contributed by atoms with Gasteiger partial charge >= 0.3 is 0 Å². The molecule has 3 rings (SSSR count). The van der Waals surface area contributed by atoms with E-state index in [-0.39, 0.29) is 11.6 Å². The zero-order valence-electron chi connectivity index (χ0n) is 12.8. The monoisotopic (exact) mass is 348 g/mol. The van der Waals surface area contributed by atoms with Crippen molar-refractivity contribution in [3.05, 3.63) is 61.7 Å². The van der Waals surface area contributed by atoms with E-state index in [2.05, 4.69) is 22.2 Å². The lowest BCUT2D eigenvalue weighted by molar-refractivity contribution is 0.637. The highest BCUT2D eigenvalue weighted by Crippen LogP contribution is 2.24. The topological polar surface area (TPSA) is 65.6 Å². The molecule has 0 bridgehead atoms. The lowest BCUT2D eigenvalue weighted by atomic mass is 10.0. The molecule has 0 amide bonds. The minimum Gasteiger partial charge on any atom is -0.355 e. The van der Waals surface area contributed by atoms with Crippen molar-refractivity contribution in [1.82, 2.24) is 19.9 Å². The first-order valence-corrected chi connectivity index (χ1v) is 8.05. The van der Waals surface area contributed by atoms with Crippen LogP contribution in [0, 0.1) is 4.77 Å². The highest BCUT2D eigenvalue weighted by atomic mass is 35.5. The number of nitrogens with one attached hydrogen (secondary N) is 3. The molecule has 120 valence electrons. The molecular weight excluding hydrogens is 332 g/mol. The molecule has 0 aliphatic carbocycles. The van der Waals surface area contributed by atoms with E-state index in [4.69, 9.17) is 23.8 Å². The molecule has 0 aliphatic rings. The first-order chi connectivity index (χ1) is 11.0. The average molecular weight is 349 g/mol. The standard InChI is InChI=1S/C16H17ClN4OS/c1-9(18-2)12-7-11(17)4-3-10(12)8-21-13-5-6-19-14(13)15(22)20-16(21)23/h3-7,9,18-19H,8H2,1-2H3,(H,20,22,23)/t9-/m1/s1. The fourth-order valence-corrected chi connectivity index (χ4v) is 3.14. The molecule has 0 saturated heterocycles. The summed E-state index contributed by atoms with van der Waals surface area (Å²) >= 11 is 11.5. The second-order valence-corrected chi connectivity index (χ2v) is 6.26. The third-order valence-electron chi connectivity index (χ3n) is 4.04. The van der Waals surface area contributed by atoms with Crippen molar-refractivity contribution in [2.45, 2.75) is 19.5 Å². The minimum atomic E-state index is -0.203. The summed E-state index contributed by atoms with van der Waals surface area (Å²) < 4.78 is 2.32. The van der Waals surface area contributed by atoms with Gasteiger partial charge in [0.1, 0.15) is 5.52 Å². The second-order valence-electron chi connectivity index (χ2n) is 5.44. The molecule has 0 spiro atoms. The molecule has 0 fully saturated rings. The first kappa shape index (κ1) is 16.0. The van der Waals surface area contributed by atoms with Gasteiger partial charge in [-0.2, -0.15) is 0 Å². The van der Waals surface area contributed by atoms with Crippen LogP contribution in [0.25, 0.3) is 11.0 Å². The number of aromatic amines is 2. The third-order valence-corrected chi connectivity index (χ3v) is 4.60. The highest BCUT2D eigenvalue weighted by Gasteiger charge is 2.13. The number of hydrogen-bond acceptors (Lipinski definition) is 3. The zero-order valence-corrected chi connectivity index (χ0v) is 14.4. The maximum absolute atomic E-state index is 11.9. The van der Waals surface area contributed by atoms with Crippen LogP contribution in [0.3, 0.4) is 0 Å². The van der Waals surface area contributed by atoms with Gasteiger partial charge in [0, 0.05) is 17.3 Å². The predicted molar refractivity (Wildman–Crippen MR) is 95.8 cm³/mol. The van der Waals surface area contributed by atoms with E-state index < -0.39 is 0 Å². The third kappa shape index (κ3) is 2.97. The van der Waals surface area contributed by atoms with E-state index in [0.717, 1.165) is 16.6 Å². The highest BCUT2D eigenvalue weighted by molar-refractivity contribution is 7.71. The van der Waals surface area contributed by atoms with Crippen LogP contribution < -0.4 is 10.9 Å². The summed E-state index contributed by atoms with van der Waals surface area (Å²) in [4.78, 5) is 17.6. The molecule has 1 atom stereocenters. The van der Waals surface area contributed by atoms with Gasteiger partial charge in [0.2, 0.25) is 0 Å². The lowest BCUT2D eigenvalue weighted by Crippen LogP contribution is -2.18. The van der Waals surface area contributed by atoms with E-state index >= 15 is 0 Å². The normalized spacial score (nSPS) is 12.7. The van der Waals surface area contributed by atoms with Gasteiger partial charge in [0.25, 0.3) is 5.56 Å². The van der Waals surface area contributed by atoms with Crippen molar-refractivity contribution < 1.29 is 0 Å². The van der Waals surface area contributed by atoms with E-state index in [1.165, 1.54) is 0 Å². The number of hydrogen-bond donors (Lipinski definition) is 3. The number of benzene rings is 1. The minimum absolute atomic E-state index is 0.155. The van der Waals surface area contributed by atoms with Gasteiger partial charge in [-0.3, -0.25) is 9.78 Å². The first-order valence-electron chi connectivity index (χ1n) is 7.27. The molecule has 7 heteroatoms. The Morgan fingerprint density at radius 3 is 2.91 bits per heavy atom. The van der Waals surface area contributed by atoms with Crippen LogP contribution in [0.1, 0.15) is 24.1 Å². The van der Waals surface area contributed by atoms with Crippen LogP contribution in [-0.2, 0) is 6.54 Å². The fourth-order valence-electron chi connectivity index (χ4n) is 2.70. The van der Waals surface area contributed by atoms with E-state index in [9.17, 15) is 4.79 Å². The van der Waals surface area contributed by atoms with E-state index in [0.29, 0.717) is 21.9 Å². The summed E-state index contributed by atoms with van der Waals surface area (Å²) in [5.74, 6) is 0. The fraction of sp³-hybridized carbons (Fsp3) is 0.250. The van der Waals surface area contributed by atoms with Gasteiger partial charge in [0.15, 0.2) is 4.77 Å². The van der Waals surface area contributed by atoms with Gasteiger partial charge in [0.05, 0.1) is 12.1 Å². The Bertz CT molecular complexity index is 972. The Labute approximate surface area is 143 Å². The number of nitrogens with zero attached hydrogens (tertiary/aromatic N) is 1. The van der Waals surface area contributed by atoms with Crippen LogP contribution in [0.4, 0.5) is 0 Å². The smallest absolute Gasteiger partial charge is 0.276 e. The Hall–Kier alpha value is -1.89. The molecule has 5 nitrogen and oxygen atoms in total. The summed E-state index contributed by atoms with van der Waals surface area (Å²) in [6, 6.07) is 7.84. The van der Waals surface area contributed by atoms with Crippen LogP contribution >= 0.6 is 23.8 Å². The van der Waals surface area contributed by atoms with Gasteiger partial charge < -0.3 is 14.9 Å². The number of halogens is 1. The molecule has 3 aromatic rings. The molecule has 0 saturated carbocycles. The maximum Gasteiger partial charge on any atom is 0.276 e. The van der Waals surface area contributed by atoms with Crippen molar-refractivity contribution in [3.8, 4) is 0 Å². The zero-order chi connectivity index (χ0) is 16.6. The number of H-pyrrole nitrogens is 2. The summed E-state index contributed by atoms with van der Waals surface area (Å²) in [5.41, 5.74) is 3.32. The Kier molecular flexibility index (Phi) is 4.39. The van der Waals surface area contributed by atoms with Crippen LogP contribution in [0.5, 0.6) is 0 Å². The van der Waals surface area contributed by atoms with Gasteiger partial charge in [-0.05, 0) is 55.5 Å². The molecule has 23 heavy (non-hydrogen) atoms.